The Balaban J connectivity index is 1.39. The van der Waals surface area contributed by atoms with Crippen LogP contribution in [-0.4, -0.2) is 59.3 Å². The molecule has 32 heavy (non-hydrogen) atoms. The fourth-order valence-corrected chi connectivity index (χ4v) is 4.85. The zero-order valence-electron chi connectivity index (χ0n) is 18.0. The smallest absolute Gasteiger partial charge is 0.170 e. The van der Waals surface area contributed by atoms with Crippen molar-refractivity contribution in [1.82, 2.24) is 20.1 Å². The van der Waals surface area contributed by atoms with Gasteiger partial charge in [0.2, 0.25) is 0 Å². The summed E-state index contributed by atoms with van der Waals surface area (Å²) in [6.07, 6.45) is 2.86. The van der Waals surface area contributed by atoms with Crippen molar-refractivity contribution in [2.24, 2.45) is 0 Å². The van der Waals surface area contributed by atoms with Gasteiger partial charge in [-0.05, 0) is 42.9 Å². The van der Waals surface area contributed by atoms with Crippen molar-refractivity contribution in [3.63, 3.8) is 0 Å². The van der Waals surface area contributed by atoms with Crippen molar-refractivity contribution in [3.05, 3.63) is 78.3 Å². The fourth-order valence-electron chi connectivity index (χ4n) is 4.51. The van der Waals surface area contributed by atoms with Gasteiger partial charge >= 0.3 is 0 Å². The molecule has 2 atom stereocenters. The molecular weight excluding hydrogens is 420 g/mol. The molecule has 166 valence electrons. The summed E-state index contributed by atoms with van der Waals surface area (Å²) in [5, 5.41) is 4.26. The molecule has 0 spiro atoms. The molecule has 0 bridgehead atoms. The first-order chi connectivity index (χ1) is 15.8. The summed E-state index contributed by atoms with van der Waals surface area (Å²) < 4.78 is 11.9. The summed E-state index contributed by atoms with van der Waals surface area (Å²) in [6.45, 7) is 5.55. The van der Waals surface area contributed by atoms with E-state index in [0.29, 0.717) is 0 Å². The second kappa shape index (κ2) is 9.81. The standard InChI is InChI=1S/C25H28N4O2S/c32-25-27-23(20-9-4-5-12-26-20)24(29(25)14-6-13-28-15-17-30-18-16-28)22-11-10-21(31-22)19-7-2-1-3-8-19/h1-5,7-12,23-24H,6,13-18H2,(H,27,32). The molecule has 5 rings (SSSR count). The molecule has 1 aromatic carbocycles. The van der Waals surface area contributed by atoms with E-state index in [4.69, 9.17) is 21.4 Å². The minimum absolute atomic E-state index is 0.0421. The van der Waals surface area contributed by atoms with E-state index in [2.05, 4.69) is 38.3 Å². The van der Waals surface area contributed by atoms with E-state index in [1.807, 2.05) is 48.7 Å². The minimum atomic E-state index is -0.0538. The molecule has 2 unspecified atom stereocenters. The Labute approximate surface area is 194 Å². The van der Waals surface area contributed by atoms with E-state index in [1.165, 1.54) is 0 Å². The third-order valence-corrected chi connectivity index (χ3v) is 6.50. The topological polar surface area (TPSA) is 53.8 Å². The van der Waals surface area contributed by atoms with Crippen molar-refractivity contribution in [3.8, 4) is 11.3 Å². The Morgan fingerprint density at radius 3 is 2.56 bits per heavy atom. The summed E-state index contributed by atoms with van der Waals surface area (Å²) in [6, 6.07) is 20.2. The van der Waals surface area contributed by atoms with Gasteiger partial charge in [0.1, 0.15) is 17.6 Å². The SMILES string of the molecule is S=C1NC(c2ccccn2)C(c2ccc(-c3ccccc3)o2)N1CCCN1CCOCC1. The van der Waals surface area contributed by atoms with Crippen LogP contribution in [-0.2, 0) is 4.74 Å². The molecule has 3 aromatic rings. The fraction of sp³-hybridized carbons (Fsp3) is 0.360. The lowest BCUT2D eigenvalue weighted by Gasteiger charge is -2.29. The highest BCUT2D eigenvalue weighted by Gasteiger charge is 2.41. The first-order valence-corrected chi connectivity index (χ1v) is 11.6. The van der Waals surface area contributed by atoms with E-state index in [1.54, 1.807) is 0 Å². The zero-order valence-corrected chi connectivity index (χ0v) is 18.8. The van der Waals surface area contributed by atoms with Gasteiger partial charge in [-0.25, -0.2) is 0 Å². The van der Waals surface area contributed by atoms with Crippen LogP contribution in [0.1, 0.15) is 30.0 Å². The van der Waals surface area contributed by atoms with Crippen LogP contribution in [0.5, 0.6) is 0 Å². The number of rotatable bonds is 7. The third kappa shape index (κ3) is 4.55. The molecule has 6 nitrogen and oxygen atoms in total. The highest BCUT2D eigenvalue weighted by Crippen LogP contribution is 2.40. The molecule has 0 saturated carbocycles. The van der Waals surface area contributed by atoms with Crippen LogP contribution in [0.4, 0.5) is 0 Å². The van der Waals surface area contributed by atoms with Crippen LogP contribution in [0.25, 0.3) is 11.3 Å². The maximum Gasteiger partial charge on any atom is 0.170 e. The summed E-state index contributed by atoms with van der Waals surface area (Å²) in [5.74, 6) is 1.77. The quantitative estimate of drug-likeness (QED) is 0.548. The number of furan rings is 1. The molecule has 2 aromatic heterocycles. The molecule has 7 heteroatoms. The van der Waals surface area contributed by atoms with E-state index >= 15 is 0 Å². The highest BCUT2D eigenvalue weighted by atomic mass is 32.1. The van der Waals surface area contributed by atoms with E-state index in [0.717, 1.165) is 73.7 Å². The Kier molecular flexibility index (Phi) is 6.48. The van der Waals surface area contributed by atoms with E-state index < -0.39 is 0 Å². The number of nitrogens with one attached hydrogen (secondary N) is 1. The predicted molar refractivity (Wildman–Crippen MR) is 128 cm³/mol. The average Bonchev–Trinajstić information content (AvgIpc) is 3.46. The van der Waals surface area contributed by atoms with Crippen molar-refractivity contribution < 1.29 is 9.15 Å². The summed E-state index contributed by atoms with van der Waals surface area (Å²) >= 11 is 5.78. The molecule has 0 aliphatic carbocycles. The van der Waals surface area contributed by atoms with Gasteiger partial charge in [-0.1, -0.05) is 36.4 Å². The lowest BCUT2D eigenvalue weighted by Crippen LogP contribution is -2.38. The van der Waals surface area contributed by atoms with Crippen molar-refractivity contribution in [1.29, 1.82) is 0 Å². The van der Waals surface area contributed by atoms with Crippen LogP contribution >= 0.6 is 12.2 Å². The molecular formula is C25H28N4O2S. The number of thiocarbonyl (C=S) groups is 1. The maximum absolute atomic E-state index is 6.38. The summed E-state index contributed by atoms with van der Waals surface area (Å²) in [7, 11) is 0. The Morgan fingerprint density at radius 1 is 0.969 bits per heavy atom. The number of ether oxygens (including phenoxy) is 1. The van der Waals surface area contributed by atoms with Gasteiger partial charge in [-0.3, -0.25) is 9.88 Å². The number of benzene rings is 1. The first-order valence-electron chi connectivity index (χ1n) is 11.2. The average molecular weight is 449 g/mol. The van der Waals surface area contributed by atoms with Gasteiger partial charge in [-0.2, -0.15) is 0 Å². The van der Waals surface area contributed by atoms with E-state index in [-0.39, 0.29) is 12.1 Å². The number of aromatic nitrogens is 1. The second-order valence-electron chi connectivity index (χ2n) is 8.20. The van der Waals surface area contributed by atoms with Crippen molar-refractivity contribution in [2.45, 2.75) is 18.5 Å². The zero-order chi connectivity index (χ0) is 21.8. The number of nitrogens with zero attached hydrogens (tertiary/aromatic N) is 3. The molecule has 2 fully saturated rings. The van der Waals surface area contributed by atoms with E-state index in [9.17, 15) is 0 Å². The number of pyridine rings is 1. The van der Waals surface area contributed by atoms with Gasteiger partial charge < -0.3 is 19.4 Å². The van der Waals surface area contributed by atoms with Gasteiger partial charge in [0.05, 0.1) is 24.9 Å². The normalized spacial score (nSPS) is 21.6. The van der Waals surface area contributed by atoms with Crippen molar-refractivity contribution >= 4 is 17.3 Å². The Hall–Kier alpha value is -2.74. The number of hydrogen-bond donors (Lipinski definition) is 1. The van der Waals surface area contributed by atoms with Crippen molar-refractivity contribution in [2.75, 3.05) is 39.4 Å². The first kappa shape index (κ1) is 21.1. The molecule has 2 aliphatic heterocycles. The van der Waals surface area contributed by atoms with Gasteiger partial charge in [0.15, 0.2) is 5.11 Å². The van der Waals surface area contributed by atoms with Gasteiger partial charge in [0, 0.05) is 37.9 Å². The molecule has 0 radical (unpaired) electrons. The van der Waals surface area contributed by atoms with Gasteiger partial charge in [0.25, 0.3) is 0 Å². The van der Waals surface area contributed by atoms with Crippen LogP contribution in [0.3, 0.4) is 0 Å². The third-order valence-electron chi connectivity index (χ3n) is 6.15. The van der Waals surface area contributed by atoms with Crippen LogP contribution in [0.15, 0.2) is 71.3 Å². The minimum Gasteiger partial charge on any atom is -0.459 e. The molecule has 2 saturated heterocycles. The summed E-state index contributed by atoms with van der Waals surface area (Å²) in [5.41, 5.74) is 2.04. The summed E-state index contributed by atoms with van der Waals surface area (Å²) in [4.78, 5) is 9.34. The predicted octanol–water partition coefficient (Wildman–Crippen LogP) is 4.04. The highest BCUT2D eigenvalue weighted by molar-refractivity contribution is 7.80. The Bertz CT molecular complexity index is 1020. The molecule has 1 N–H and O–H groups in total. The number of morpholine rings is 1. The van der Waals surface area contributed by atoms with Gasteiger partial charge in [-0.15, -0.1) is 0 Å². The lowest BCUT2D eigenvalue weighted by molar-refractivity contribution is 0.0365. The molecule has 2 aliphatic rings. The van der Waals surface area contributed by atoms with Crippen LogP contribution < -0.4 is 5.32 Å². The van der Waals surface area contributed by atoms with Crippen LogP contribution in [0, 0.1) is 0 Å². The largest absolute Gasteiger partial charge is 0.459 e. The monoisotopic (exact) mass is 448 g/mol. The molecule has 4 heterocycles. The molecule has 0 amide bonds. The Morgan fingerprint density at radius 2 is 1.78 bits per heavy atom. The maximum atomic E-state index is 6.38. The van der Waals surface area contributed by atoms with Crippen LogP contribution in [0.2, 0.25) is 0 Å². The second-order valence-corrected chi connectivity index (χ2v) is 8.58. The lowest BCUT2D eigenvalue weighted by atomic mass is 10.0. The number of hydrogen-bond acceptors (Lipinski definition) is 5.